The van der Waals surface area contributed by atoms with Gasteiger partial charge in [0.05, 0.1) is 16.3 Å². The number of hydrogen-bond donors (Lipinski definition) is 2. The van der Waals surface area contributed by atoms with E-state index in [1.807, 2.05) is 36.4 Å². The summed E-state index contributed by atoms with van der Waals surface area (Å²) in [5.74, 6) is -0.727. The lowest BCUT2D eigenvalue weighted by Crippen LogP contribution is -2.27. The van der Waals surface area contributed by atoms with Crippen molar-refractivity contribution in [3.63, 3.8) is 0 Å². The standard InChI is InChI=1S/C24H19N5O4/c1-16-15-22(30)23(27-28(16)20-13-7-8-14-21(20)29(32)33)24(31)26-19-12-6-5-11-18(19)25-17-9-3-2-4-10-17/h2-15,25H,1H3,(H,26,31). The van der Waals surface area contributed by atoms with Gasteiger partial charge in [0.15, 0.2) is 5.69 Å². The topological polar surface area (TPSA) is 119 Å². The highest BCUT2D eigenvalue weighted by Gasteiger charge is 2.20. The summed E-state index contributed by atoms with van der Waals surface area (Å²) >= 11 is 0. The van der Waals surface area contributed by atoms with Crippen molar-refractivity contribution >= 4 is 28.7 Å². The monoisotopic (exact) mass is 441 g/mol. The first-order valence-corrected chi connectivity index (χ1v) is 10.0. The van der Waals surface area contributed by atoms with Crippen LogP contribution < -0.4 is 16.1 Å². The van der Waals surface area contributed by atoms with Crippen molar-refractivity contribution in [3.05, 3.63) is 117 Å². The quantitative estimate of drug-likeness (QED) is 0.337. The fraction of sp³-hybridized carbons (Fsp3) is 0.0417. The molecular formula is C24H19N5O4. The second-order valence-corrected chi connectivity index (χ2v) is 7.15. The second kappa shape index (κ2) is 9.15. The number of rotatable bonds is 6. The van der Waals surface area contributed by atoms with E-state index in [-0.39, 0.29) is 17.1 Å². The number of carbonyl (C=O) groups is 1. The van der Waals surface area contributed by atoms with E-state index < -0.39 is 16.3 Å². The van der Waals surface area contributed by atoms with Gasteiger partial charge >= 0.3 is 0 Å². The fourth-order valence-corrected chi connectivity index (χ4v) is 3.31. The molecule has 33 heavy (non-hydrogen) atoms. The molecule has 0 aliphatic rings. The average molecular weight is 441 g/mol. The molecule has 0 bridgehead atoms. The molecule has 0 saturated carbocycles. The van der Waals surface area contributed by atoms with Gasteiger partial charge in [0, 0.05) is 23.5 Å². The van der Waals surface area contributed by atoms with E-state index in [0.29, 0.717) is 17.1 Å². The van der Waals surface area contributed by atoms with Gasteiger partial charge in [0.1, 0.15) is 5.69 Å². The number of hydrogen-bond acceptors (Lipinski definition) is 6. The smallest absolute Gasteiger partial charge is 0.294 e. The van der Waals surface area contributed by atoms with E-state index in [1.54, 1.807) is 31.2 Å². The maximum Gasteiger partial charge on any atom is 0.294 e. The summed E-state index contributed by atoms with van der Waals surface area (Å²) < 4.78 is 1.22. The van der Waals surface area contributed by atoms with Crippen LogP contribution in [0.5, 0.6) is 0 Å². The van der Waals surface area contributed by atoms with Crippen molar-refractivity contribution in [2.45, 2.75) is 6.92 Å². The van der Waals surface area contributed by atoms with Gasteiger partial charge in [-0.3, -0.25) is 19.7 Å². The maximum absolute atomic E-state index is 13.0. The number of nitro benzene ring substituents is 1. The summed E-state index contributed by atoms with van der Waals surface area (Å²) in [6, 6.07) is 23.7. The molecule has 0 unspecified atom stereocenters. The summed E-state index contributed by atoms with van der Waals surface area (Å²) in [4.78, 5) is 36.5. The Kier molecular flexibility index (Phi) is 5.94. The molecule has 1 amide bonds. The fourth-order valence-electron chi connectivity index (χ4n) is 3.31. The van der Waals surface area contributed by atoms with Gasteiger partial charge in [-0.1, -0.05) is 42.5 Å². The second-order valence-electron chi connectivity index (χ2n) is 7.15. The third kappa shape index (κ3) is 4.62. The molecule has 2 N–H and O–H groups in total. The Labute approximate surface area is 188 Å². The Hall–Kier alpha value is -4.79. The molecule has 0 aliphatic carbocycles. The van der Waals surface area contributed by atoms with E-state index in [9.17, 15) is 19.7 Å². The van der Waals surface area contributed by atoms with E-state index >= 15 is 0 Å². The molecule has 9 nitrogen and oxygen atoms in total. The normalized spacial score (nSPS) is 10.5. The van der Waals surface area contributed by atoms with Crippen LogP contribution in [0.15, 0.2) is 89.7 Å². The molecule has 0 aliphatic heterocycles. The van der Waals surface area contributed by atoms with Gasteiger partial charge < -0.3 is 10.6 Å². The highest BCUT2D eigenvalue weighted by molar-refractivity contribution is 6.04. The number of benzene rings is 3. The molecular weight excluding hydrogens is 422 g/mol. The Morgan fingerprint density at radius 1 is 0.939 bits per heavy atom. The molecule has 1 aromatic heterocycles. The first kappa shape index (κ1) is 21.4. The number of anilines is 3. The van der Waals surface area contributed by atoms with Gasteiger partial charge in [0.2, 0.25) is 5.43 Å². The Bertz CT molecular complexity index is 1400. The predicted octanol–water partition coefficient (Wildman–Crippen LogP) is 4.45. The molecule has 9 heteroatoms. The van der Waals surface area contributed by atoms with Crippen LogP contribution in [0.3, 0.4) is 0 Å². The number of nitrogens with zero attached hydrogens (tertiary/aromatic N) is 3. The van der Waals surface area contributed by atoms with Crippen LogP contribution in [0.25, 0.3) is 5.69 Å². The number of nitrogens with one attached hydrogen (secondary N) is 2. The lowest BCUT2D eigenvalue weighted by atomic mass is 10.2. The molecule has 4 rings (SSSR count). The Morgan fingerprint density at radius 3 is 2.30 bits per heavy atom. The number of carbonyl (C=O) groups excluding carboxylic acids is 1. The third-order valence-corrected chi connectivity index (χ3v) is 4.86. The van der Waals surface area contributed by atoms with Crippen LogP contribution in [-0.4, -0.2) is 20.6 Å². The Morgan fingerprint density at radius 2 is 1.58 bits per heavy atom. The van der Waals surface area contributed by atoms with E-state index in [2.05, 4.69) is 15.7 Å². The summed E-state index contributed by atoms with van der Waals surface area (Å²) in [5, 5.41) is 21.5. The predicted molar refractivity (Wildman–Crippen MR) is 125 cm³/mol. The summed E-state index contributed by atoms with van der Waals surface area (Å²) in [6.07, 6.45) is 0. The van der Waals surface area contributed by atoms with Crippen molar-refractivity contribution in [3.8, 4) is 5.69 Å². The van der Waals surface area contributed by atoms with Crippen LogP contribution in [0.4, 0.5) is 22.7 Å². The molecule has 3 aromatic carbocycles. The van der Waals surface area contributed by atoms with Crippen LogP contribution in [0.1, 0.15) is 16.2 Å². The van der Waals surface area contributed by atoms with Gasteiger partial charge in [-0.2, -0.15) is 5.10 Å². The van der Waals surface area contributed by atoms with Crippen molar-refractivity contribution in [2.75, 3.05) is 10.6 Å². The number of amides is 1. The molecule has 0 spiro atoms. The number of aryl methyl sites for hydroxylation is 1. The Balaban J connectivity index is 1.69. The SMILES string of the molecule is Cc1cc(=O)c(C(=O)Nc2ccccc2Nc2ccccc2)nn1-c1ccccc1[N+](=O)[O-]. The van der Waals surface area contributed by atoms with Crippen molar-refractivity contribution < 1.29 is 9.72 Å². The highest BCUT2D eigenvalue weighted by Crippen LogP contribution is 2.26. The van der Waals surface area contributed by atoms with Crippen LogP contribution in [-0.2, 0) is 0 Å². The zero-order valence-corrected chi connectivity index (χ0v) is 17.6. The first-order valence-electron chi connectivity index (χ1n) is 10.0. The molecule has 0 atom stereocenters. The molecule has 4 aromatic rings. The zero-order valence-electron chi connectivity index (χ0n) is 17.6. The number of nitro groups is 1. The van der Waals surface area contributed by atoms with E-state index in [4.69, 9.17) is 0 Å². The lowest BCUT2D eigenvalue weighted by molar-refractivity contribution is -0.384. The first-order chi connectivity index (χ1) is 15.9. The molecule has 164 valence electrons. The number of aromatic nitrogens is 2. The van der Waals surface area contributed by atoms with E-state index in [1.165, 1.54) is 28.9 Å². The van der Waals surface area contributed by atoms with Crippen LogP contribution >= 0.6 is 0 Å². The average Bonchev–Trinajstić information content (AvgIpc) is 2.81. The van der Waals surface area contributed by atoms with Gasteiger partial charge in [-0.25, -0.2) is 4.68 Å². The van der Waals surface area contributed by atoms with Crippen molar-refractivity contribution in [2.24, 2.45) is 0 Å². The third-order valence-electron chi connectivity index (χ3n) is 4.86. The lowest BCUT2D eigenvalue weighted by Gasteiger charge is -2.14. The van der Waals surface area contributed by atoms with Crippen molar-refractivity contribution in [1.82, 2.24) is 9.78 Å². The highest BCUT2D eigenvalue weighted by atomic mass is 16.6. The molecule has 0 radical (unpaired) electrons. The van der Waals surface area contributed by atoms with Crippen LogP contribution in [0, 0.1) is 17.0 Å². The minimum absolute atomic E-state index is 0.153. The molecule has 1 heterocycles. The van der Waals surface area contributed by atoms with E-state index in [0.717, 1.165) is 5.69 Å². The summed E-state index contributed by atoms with van der Waals surface area (Å²) in [5.41, 5.74) is 1.25. The van der Waals surface area contributed by atoms with Crippen molar-refractivity contribution in [1.29, 1.82) is 0 Å². The minimum Gasteiger partial charge on any atom is -0.354 e. The summed E-state index contributed by atoms with van der Waals surface area (Å²) in [7, 11) is 0. The molecule has 0 saturated heterocycles. The van der Waals surface area contributed by atoms with Crippen LogP contribution in [0.2, 0.25) is 0 Å². The largest absolute Gasteiger partial charge is 0.354 e. The number of para-hydroxylation sites is 5. The zero-order chi connectivity index (χ0) is 23.4. The maximum atomic E-state index is 13.0. The van der Waals surface area contributed by atoms with Gasteiger partial charge in [-0.05, 0) is 37.3 Å². The van der Waals surface area contributed by atoms with Gasteiger partial charge in [-0.15, -0.1) is 0 Å². The van der Waals surface area contributed by atoms with Gasteiger partial charge in [0.25, 0.3) is 11.6 Å². The summed E-state index contributed by atoms with van der Waals surface area (Å²) in [6.45, 7) is 1.59. The minimum atomic E-state index is -0.727. The molecule has 0 fully saturated rings.